The molecule has 0 saturated carbocycles. The molecule has 3 heterocycles. The highest BCUT2D eigenvalue weighted by Crippen LogP contribution is 2.36. The maximum Gasteiger partial charge on any atom is 0.181 e. The number of rotatable bonds is 4. The lowest BCUT2D eigenvalue weighted by Crippen LogP contribution is -2.43. The zero-order valence-corrected chi connectivity index (χ0v) is 16.9. The van der Waals surface area contributed by atoms with Gasteiger partial charge in [-0.1, -0.05) is 0 Å². The van der Waals surface area contributed by atoms with Crippen molar-refractivity contribution in [2.24, 2.45) is 0 Å². The average Bonchev–Trinajstić information content (AvgIpc) is 3.02. The van der Waals surface area contributed by atoms with Crippen molar-refractivity contribution in [1.82, 2.24) is 9.80 Å². The normalized spacial score (nSPS) is 25.4. The molecule has 0 unspecified atom stereocenters. The molecule has 0 radical (unpaired) electrons. The molecule has 3 fully saturated rings. The fourth-order valence-corrected chi connectivity index (χ4v) is 4.61. The first kappa shape index (κ1) is 20.4. The van der Waals surface area contributed by atoms with E-state index >= 15 is 0 Å². The van der Waals surface area contributed by atoms with Crippen LogP contribution in [0.2, 0.25) is 0 Å². The second kappa shape index (κ2) is 9.75. The average molecular weight is 403 g/mol. The van der Waals surface area contributed by atoms with Gasteiger partial charge in [-0.15, -0.1) is 0 Å². The van der Waals surface area contributed by atoms with E-state index in [1.807, 2.05) is 0 Å². The van der Waals surface area contributed by atoms with Crippen molar-refractivity contribution in [2.45, 2.75) is 50.2 Å². The first-order valence-corrected chi connectivity index (χ1v) is 10.7. The van der Waals surface area contributed by atoms with Gasteiger partial charge in [0.15, 0.2) is 6.19 Å². The van der Waals surface area contributed by atoms with Crippen LogP contribution in [0.15, 0.2) is 18.2 Å². The van der Waals surface area contributed by atoms with E-state index < -0.39 is 0 Å². The van der Waals surface area contributed by atoms with Crippen molar-refractivity contribution < 1.29 is 18.6 Å². The van der Waals surface area contributed by atoms with Crippen molar-refractivity contribution >= 4 is 0 Å². The first-order valence-electron chi connectivity index (χ1n) is 10.7. The predicted molar refractivity (Wildman–Crippen MR) is 106 cm³/mol. The number of nitrogens with zero attached hydrogens (tertiary/aromatic N) is 3. The SMILES string of the molecule is N#CN1CC[C@H](N2CCC(c3cc(F)ccc3OC3CCOCC3)CC2)COC1. The Bertz CT molecular complexity index is 712. The summed E-state index contributed by atoms with van der Waals surface area (Å²) in [5.74, 6) is 0.939. The molecule has 0 N–H and O–H groups in total. The van der Waals surface area contributed by atoms with E-state index in [0.29, 0.717) is 25.3 Å². The summed E-state index contributed by atoms with van der Waals surface area (Å²) in [6.45, 7) is 5.17. The Labute approximate surface area is 172 Å². The van der Waals surface area contributed by atoms with E-state index in [4.69, 9.17) is 19.5 Å². The van der Waals surface area contributed by atoms with Crippen LogP contribution in [0.25, 0.3) is 0 Å². The molecule has 0 bridgehead atoms. The quantitative estimate of drug-likeness (QED) is 0.720. The zero-order valence-electron chi connectivity index (χ0n) is 16.9. The number of nitriles is 1. The minimum Gasteiger partial charge on any atom is -0.490 e. The number of hydrogen-bond donors (Lipinski definition) is 0. The fourth-order valence-electron chi connectivity index (χ4n) is 4.61. The molecule has 0 aromatic heterocycles. The van der Waals surface area contributed by atoms with Gasteiger partial charge in [0.1, 0.15) is 24.4 Å². The third kappa shape index (κ3) is 5.19. The summed E-state index contributed by atoms with van der Waals surface area (Å²) < 4.78 is 31.4. The topological polar surface area (TPSA) is 58.0 Å². The second-order valence-corrected chi connectivity index (χ2v) is 8.23. The van der Waals surface area contributed by atoms with E-state index in [2.05, 4.69) is 11.1 Å². The predicted octanol–water partition coefficient (Wildman–Crippen LogP) is 3.09. The molecule has 7 heteroatoms. The third-order valence-electron chi connectivity index (χ3n) is 6.35. The fraction of sp³-hybridized carbons (Fsp3) is 0.682. The second-order valence-electron chi connectivity index (χ2n) is 8.23. The van der Waals surface area contributed by atoms with Crippen LogP contribution in [-0.4, -0.2) is 68.1 Å². The summed E-state index contributed by atoms with van der Waals surface area (Å²) in [5.41, 5.74) is 1.00. The van der Waals surface area contributed by atoms with Gasteiger partial charge >= 0.3 is 0 Å². The van der Waals surface area contributed by atoms with Crippen LogP contribution in [0.4, 0.5) is 4.39 Å². The Morgan fingerprint density at radius 3 is 2.59 bits per heavy atom. The lowest BCUT2D eigenvalue weighted by molar-refractivity contribution is 0.0243. The van der Waals surface area contributed by atoms with Crippen molar-refractivity contribution in [3.05, 3.63) is 29.6 Å². The van der Waals surface area contributed by atoms with Gasteiger partial charge in [0.2, 0.25) is 0 Å². The Hall–Kier alpha value is -1.88. The van der Waals surface area contributed by atoms with Crippen LogP contribution in [-0.2, 0) is 9.47 Å². The van der Waals surface area contributed by atoms with Crippen molar-refractivity contribution in [2.75, 3.05) is 46.2 Å². The lowest BCUT2D eigenvalue weighted by Gasteiger charge is -2.37. The van der Waals surface area contributed by atoms with Crippen LogP contribution in [0.3, 0.4) is 0 Å². The van der Waals surface area contributed by atoms with Crippen LogP contribution in [0.5, 0.6) is 5.75 Å². The van der Waals surface area contributed by atoms with Gasteiger partial charge in [-0.25, -0.2) is 4.39 Å². The molecule has 1 aromatic carbocycles. The van der Waals surface area contributed by atoms with Gasteiger partial charge in [0, 0.05) is 31.0 Å². The number of ether oxygens (including phenoxy) is 3. The van der Waals surface area contributed by atoms with E-state index in [9.17, 15) is 4.39 Å². The van der Waals surface area contributed by atoms with Crippen LogP contribution < -0.4 is 4.74 Å². The van der Waals surface area contributed by atoms with Crippen molar-refractivity contribution in [3.8, 4) is 11.9 Å². The summed E-state index contributed by atoms with van der Waals surface area (Å²) in [6, 6.07) is 5.30. The van der Waals surface area contributed by atoms with E-state index in [-0.39, 0.29) is 11.9 Å². The number of benzene rings is 1. The molecule has 29 heavy (non-hydrogen) atoms. The highest BCUT2D eigenvalue weighted by Gasteiger charge is 2.29. The Morgan fingerprint density at radius 2 is 1.83 bits per heavy atom. The maximum atomic E-state index is 14.0. The van der Waals surface area contributed by atoms with E-state index in [0.717, 1.165) is 76.3 Å². The van der Waals surface area contributed by atoms with Gasteiger partial charge in [-0.3, -0.25) is 9.80 Å². The van der Waals surface area contributed by atoms with Gasteiger partial charge in [0.25, 0.3) is 0 Å². The molecule has 0 spiro atoms. The van der Waals surface area contributed by atoms with Gasteiger partial charge in [-0.05, 0) is 56.5 Å². The van der Waals surface area contributed by atoms with Crippen molar-refractivity contribution in [1.29, 1.82) is 5.26 Å². The Balaban J connectivity index is 1.38. The molecule has 1 aromatic rings. The minimum absolute atomic E-state index is 0.152. The van der Waals surface area contributed by atoms with Gasteiger partial charge in [-0.2, -0.15) is 5.26 Å². The molecule has 6 nitrogen and oxygen atoms in total. The molecule has 0 amide bonds. The first-order chi connectivity index (χ1) is 14.2. The Kier molecular flexibility index (Phi) is 6.86. The Morgan fingerprint density at radius 1 is 1.03 bits per heavy atom. The molecule has 1 atom stereocenters. The van der Waals surface area contributed by atoms with Gasteiger partial charge in [0.05, 0.1) is 19.8 Å². The molecule has 3 saturated heterocycles. The standard InChI is InChI=1S/C22H30FN3O3/c23-18-1-2-22(29-20-6-11-27-12-7-20)21(13-18)17-3-9-26(10-4-17)19-5-8-25(15-24)16-28-14-19/h1-2,13,17,19-20H,3-12,14,16H2/t19-/m0/s1. The summed E-state index contributed by atoms with van der Waals surface area (Å²) >= 11 is 0. The van der Waals surface area contributed by atoms with Gasteiger partial charge < -0.3 is 14.2 Å². The monoisotopic (exact) mass is 403 g/mol. The van der Waals surface area contributed by atoms with E-state index in [1.165, 1.54) is 6.07 Å². The molecular weight excluding hydrogens is 373 g/mol. The zero-order chi connectivity index (χ0) is 20.1. The smallest absolute Gasteiger partial charge is 0.181 e. The lowest BCUT2D eigenvalue weighted by atomic mass is 9.88. The number of hydrogen-bond acceptors (Lipinski definition) is 6. The number of likely N-dealkylation sites (tertiary alicyclic amines) is 1. The number of piperidine rings is 1. The summed E-state index contributed by atoms with van der Waals surface area (Å²) in [4.78, 5) is 4.13. The molecule has 0 aliphatic carbocycles. The highest BCUT2D eigenvalue weighted by atomic mass is 19.1. The van der Waals surface area contributed by atoms with Crippen LogP contribution >= 0.6 is 0 Å². The van der Waals surface area contributed by atoms with Crippen LogP contribution in [0, 0.1) is 17.3 Å². The largest absolute Gasteiger partial charge is 0.490 e. The summed E-state index contributed by atoms with van der Waals surface area (Å²) in [5, 5.41) is 9.07. The van der Waals surface area contributed by atoms with E-state index in [1.54, 1.807) is 17.0 Å². The van der Waals surface area contributed by atoms with Crippen molar-refractivity contribution in [3.63, 3.8) is 0 Å². The molecule has 3 aliphatic rings. The third-order valence-corrected chi connectivity index (χ3v) is 6.35. The minimum atomic E-state index is -0.199. The molecular formula is C22H30FN3O3. The maximum absolute atomic E-state index is 14.0. The summed E-state index contributed by atoms with van der Waals surface area (Å²) in [6.07, 6.45) is 6.99. The number of halogens is 1. The highest BCUT2D eigenvalue weighted by molar-refractivity contribution is 5.37. The molecule has 4 rings (SSSR count). The van der Waals surface area contributed by atoms with Crippen LogP contribution in [0.1, 0.15) is 43.6 Å². The molecule has 158 valence electrons. The summed E-state index contributed by atoms with van der Waals surface area (Å²) in [7, 11) is 0. The molecule has 3 aliphatic heterocycles.